The predicted molar refractivity (Wildman–Crippen MR) is 132 cm³/mol. The molecule has 0 saturated heterocycles. The minimum atomic E-state index is -4.00. The normalized spacial score (nSPS) is 13.2. The second kappa shape index (κ2) is 17.9. The van der Waals surface area contributed by atoms with Crippen LogP contribution in [0.2, 0.25) is 0 Å². The Morgan fingerprint density at radius 2 is 1.26 bits per heavy atom. The highest BCUT2D eigenvalue weighted by Crippen LogP contribution is 2.43. The fourth-order valence-electron chi connectivity index (χ4n) is 3.21. The summed E-state index contributed by atoms with van der Waals surface area (Å²) in [5, 5.41) is 2.24. The van der Waals surface area contributed by atoms with Gasteiger partial charge in [0.05, 0.1) is 52.9 Å². The average Bonchev–Trinajstić information content (AvgIpc) is 2.84. The molecule has 2 aromatic carbocycles. The number of hydrogen-bond acceptors (Lipinski definition) is 7. The van der Waals surface area contributed by atoms with Crippen molar-refractivity contribution in [3.05, 3.63) is 42.5 Å². The number of unbranched alkanes of at least 4 members (excludes halogenated alkanes) is 4. The number of benzene rings is 2. The van der Waals surface area contributed by atoms with Crippen molar-refractivity contribution in [1.29, 1.82) is 0 Å². The van der Waals surface area contributed by atoms with Gasteiger partial charge in [0.1, 0.15) is 12.4 Å². The third-order valence-electron chi connectivity index (χ3n) is 4.96. The van der Waals surface area contributed by atoms with Crippen LogP contribution < -0.4 is 4.74 Å². The molecule has 0 spiro atoms. The van der Waals surface area contributed by atoms with Gasteiger partial charge >= 0.3 is 7.82 Å². The van der Waals surface area contributed by atoms with E-state index in [1.807, 2.05) is 30.3 Å². The molecule has 0 aliphatic heterocycles. The van der Waals surface area contributed by atoms with Gasteiger partial charge in [0.25, 0.3) is 0 Å². The Morgan fingerprint density at radius 3 is 2.00 bits per heavy atom. The third kappa shape index (κ3) is 12.8. The van der Waals surface area contributed by atoms with Gasteiger partial charge in [-0.3, -0.25) is 9.05 Å². The molecule has 0 amide bonds. The van der Waals surface area contributed by atoms with Crippen molar-refractivity contribution in [3.63, 3.8) is 0 Å². The Balaban J connectivity index is 1.36. The van der Waals surface area contributed by atoms with E-state index >= 15 is 0 Å². The van der Waals surface area contributed by atoms with E-state index < -0.39 is 7.82 Å². The molecule has 9 heteroatoms. The van der Waals surface area contributed by atoms with Crippen LogP contribution in [0.3, 0.4) is 0 Å². The quantitative estimate of drug-likeness (QED) is 0.181. The summed E-state index contributed by atoms with van der Waals surface area (Å²) in [7, 11) is -4.00. The lowest BCUT2D eigenvalue weighted by Gasteiger charge is -2.12. The zero-order valence-corrected chi connectivity index (χ0v) is 21.1. The summed E-state index contributed by atoms with van der Waals surface area (Å²) in [6, 6.07) is 14.1. The molecule has 0 radical (unpaired) electrons. The van der Waals surface area contributed by atoms with E-state index in [1.54, 1.807) is 0 Å². The van der Waals surface area contributed by atoms with Crippen molar-refractivity contribution in [3.8, 4) is 5.75 Å². The highest BCUT2D eigenvalue weighted by Gasteiger charge is 2.20. The van der Waals surface area contributed by atoms with Gasteiger partial charge in [0, 0.05) is 5.39 Å². The Labute approximate surface area is 203 Å². The molecule has 0 heterocycles. The highest BCUT2D eigenvalue weighted by atomic mass is 31.2. The van der Waals surface area contributed by atoms with Gasteiger partial charge < -0.3 is 23.8 Å². The Morgan fingerprint density at radius 1 is 0.676 bits per heavy atom. The van der Waals surface area contributed by atoms with E-state index in [4.69, 9.17) is 28.0 Å². The van der Waals surface area contributed by atoms with E-state index in [0.29, 0.717) is 39.6 Å². The predicted octanol–water partition coefficient (Wildman–Crippen LogP) is 5.37. The molecule has 2 rings (SSSR count). The fourth-order valence-corrected chi connectivity index (χ4v) is 3.95. The summed E-state index contributed by atoms with van der Waals surface area (Å²) >= 11 is 0. The van der Waals surface area contributed by atoms with Crippen LogP contribution in [-0.4, -0.2) is 64.4 Å². The van der Waals surface area contributed by atoms with Crippen molar-refractivity contribution in [2.24, 2.45) is 0 Å². The molecule has 0 aliphatic rings. The molecular weight excluding hydrogens is 459 g/mol. The topological polar surface area (TPSA) is 92.7 Å². The van der Waals surface area contributed by atoms with Crippen molar-refractivity contribution in [1.82, 2.24) is 0 Å². The number of phosphoric acid groups is 1. The largest absolute Gasteiger partial charge is 0.491 e. The zero-order chi connectivity index (χ0) is 24.3. The maximum Gasteiger partial charge on any atom is 0.472 e. The average molecular weight is 499 g/mol. The summed E-state index contributed by atoms with van der Waals surface area (Å²) in [6.07, 6.45) is 5.18. The summed E-state index contributed by atoms with van der Waals surface area (Å²) in [5.41, 5.74) is 0. The molecule has 8 nitrogen and oxygen atoms in total. The standard InChI is InChI=1S/C25H39O8P/c1-2-3-4-5-8-14-32-34(26,27)33-22-20-30-18-16-28-15-17-29-19-21-31-25-13-9-11-23-10-6-7-12-24(23)25/h6-7,9-13H,2-5,8,14-22H2,1H3,(H,26,27). The van der Waals surface area contributed by atoms with E-state index in [2.05, 4.69) is 19.1 Å². The fraction of sp³-hybridized carbons (Fsp3) is 0.600. The first-order chi connectivity index (χ1) is 16.6. The van der Waals surface area contributed by atoms with Crippen molar-refractivity contribution in [2.75, 3.05) is 59.5 Å². The summed E-state index contributed by atoms with van der Waals surface area (Å²) in [6.45, 7) is 5.17. The first-order valence-corrected chi connectivity index (χ1v) is 13.6. The highest BCUT2D eigenvalue weighted by molar-refractivity contribution is 7.47. The van der Waals surface area contributed by atoms with Crippen LogP contribution in [0.15, 0.2) is 42.5 Å². The van der Waals surface area contributed by atoms with Gasteiger partial charge in [-0.15, -0.1) is 0 Å². The van der Waals surface area contributed by atoms with Gasteiger partial charge in [-0.1, -0.05) is 69.0 Å². The van der Waals surface area contributed by atoms with E-state index in [9.17, 15) is 9.46 Å². The van der Waals surface area contributed by atoms with Crippen LogP contribution in [0.25, 0.3) is 10.8 Å². The first-order valence-electron chi connectivity index (χ1n) is 12.1. The molecular formula is C25H39O8P. The van der Waals surface area contributed by atoms with Crippen LogP contribution in [0, 0.1) is 0 Å². The second-order valence-electron chi connectivity index (χ2n) is 7.71. The van der Waals surface area contributed by atoms with Gasteiger partial charge in [0.2, 0.25) is 0 Å². The van der Waals surface area contributed by atoms with Crippen molar-refractivity contribution >= 4 is 18.6 Å². The molecule has 0 saturated carbocycles. The summed E-state index contributed by atoms with van der Waals surface area (Å²) in [4.78, 5) is 9.60. The number of fused-ring (bicyclic) bond motifs is 1. The van der Waals surface area contributed by atoms with Crippen LogP contribution in [-0.2, 0) is 27.8 Å². The van der Waals surface area contributed by atoms with Gasteiger partial charge in [0.15, 0.2) is 0 Å². The molecule has 34 heavy (non-hydrogen) atoms. The Bertz CT molecular complexity index is 826. The van der Waals surface area contributed by atoms with Crippen molar-refractivity contribution in [2.45, 2.75) is 39.0 Å². The molecule has 1 N–H and O–H groups in total. The Hall–Kier alpha value is -1.51. The molecule has 192 valence electrons. The molecule has 0 fully saturated rings. The van der Waals surface area contributed by atoms with Gasteiger partial charge in [-0.2, -0.15) is 0 Å². The maximum atomic E-state index is 11.7. The molecule has 0 bridgehead atoms. The van der Waals surface area contributed by atoms with Crippen LogP contribution >= 0.6 is 7.82 Å². The zero-order valence-electron chi connectivity index (χ0n) is 20.2. The molecule has 0 aromatic heterocycles. The lowest BCUT2D eigenvalue weighted by atomic mass is 10.1. The number of ether oxygens (including phenoxy) is 4. The number of hydrogen-bond donors (Lipinski definition) is 1. The SMILES string of the molecule is CCCCCCCOP(=O)(O)OCCOCCOCCOCCOc1cccc2ccccc12. The van der Waals surface area contributed by atoms with Crippen LogP contribution in [0.4, 0.5) is 0 Å². The van der Waals surface area contributed by atoms with Crippen LogP contribution in [0.1, 0.15) is 39.0 Å². The summed E-state index contributed by atoms with van der Waals surface area (Å²) < 4.78 is 43.7. The molecule has 1 atom stereocenters. The van der Waals surface area contributed by atoms with Gasteiger partial charge in [-0.05, 0) is 17.9 Å². The van der Waals surface area contributed by atoms with Crippen molar-refractivity contribution < 1.29 is 37.5 Å². The lowest BCUT2D eigenvalue weighted by Crippen LogP contribution is -2.13. The molecule has 2 aromatic rings. The second-order valence-corrected chi connectivity index (χ2v) is 9.17. The van der Waals surface area contributed by atoms with E-state index in [1.165, 1.54) is 6.42 Å². The minimum absolute atomic E-state index is 0.0105. The molecule has 1 unspecified atom stereocenters. The first kappa shape index (κ1) is 28.7. The minimum Gasteiger partial charge on any atom is -0.491 e. The van der Waals surface area contributed by atoms with Gasteiger partial charge in [-0.25, -0.2) is 4.57 Å². The number of rotatable bonds is 21. The Kier molecular flexibility index (Phi) is 15.1. The van der Waals surface area contributed by atoms with Crippen LogP contribution in [0.5, 0.6) is 5.75 Å². The third-order valence-corrected chi connectivity index (χ3v) is 5.98. The number of phosphoric ester groups is 1. The monoisotopic (exact) mass is 498 g/mol. The van der Waals surface area contributed by atoms with E-state index in [0.717, 1.165) is 42.2 Å². The maximum absolute atomic E-state index is 11.7. The van der Waals surface area contributed by atoms with E-state index in [-0.39, 0.29) is 19.8 Å². The molecule has 0 aliphatic carbocycles. The summed E-state index contributed by atoms with van der Waals surface area (Å²) in [5.74, 6) is 0.852. The smallest absolute Gasteiger partial charge is 0.472 e. The lowest BCUT2D eigenvalue weighted by molar-refractivity contribution is 0.00283.